The van der Waals surface area contributed by atoms with Crippen molar-refractivity contribution >= 4 is 34.7 Å². The maximum atomic E-state index is 4.49. The van der Waals surface area contributed by atoms with Crippen LogP contribution in [-0.2, 0) is 0 Å². The largest absolute Gasteiger partial charge is 0.365 e. The lowest BCUT2D eigenvalue weighted by atomic mass is 10.3. The number of fused-ring (bicyclic) bond motifs is 1. The summed E-state index contributed by atoms with van der Waals surface area (Å²) in [5, 5.41) is 3.88. The predicted molar refractivity (Wildman–Crippen MR) is 73.1 cm³/mol. The van der Waals surface area contributed by atoms with Crippen molar-refractivity contribution < 1.29 is 0 Å². The fourth-order valence-corrected chi connectivity index (χ4v) is 2.79. The Kier molecular flexibility index (Phi) is 2.53. The molecule has 3 aromatic rings. The van der Waals surface area contributed by atoms with E-state index in [4.69, 9.17) is 0 Å². The second-order valence-corrected chi connectivity index (χ2v) is 5.24. The summed E-state index contributed by atoms with van der Waals surface area (Å²) < 4.78 is 2.90. The highest BCUT2D eigenvalue weighted by Crippen LogP contribution is 2.33. The van der Waals surface area contributed by atoms with E-state index in [-0.39, 0.29) is 0 Å². The number of thiazole rings is 1. The highest BCUT2D eigenvalue weighted by atomic mass is 32.2. The molecular formula is C11H10N4S2. The molecule has 0 fully saturated rings. The summed E-state index contributed by atoms with van der Waals surface area (Å²) in [5.41, 5.74) is 2.74. The zero-order valence-corrected chi connectivity index (χ0v) is 10.8. The van der Waals surface area contributed by atoms with Crippen LogP contribution in [0, 0.1) is 0 Å². The van der Waals surface area contributed by atoms with Crippen molar-refractivity contribution in [2.75, 3.05) is 12.4 Å². The molecule has 4 nitrogen and oxygen atoms in total. The van der Waals surface area contributed by atoms with E-state index >= 15 is 0 Å². The number of nitrogens with zero attached hydrogens (tertiary/aromatic N) is 3. The third-order valence-electron chi connectivity index (χ3n) is 2.48. The molecule has 3 aromatic heterocycles. The minimum atomic E-state index is 0.857. The lowest BCUT2D eigenvalue weighted by Crippen LogP contribution is -1.89. The van der Waals surface area contributed by atoms with Crippen LogP contribution in [-0.4, -0.2) is 21.4 Å². The molecule has 1 N–H and O–H groups in total. The summed E-state index contributed by atoms with van der Waals surface area (Å²) >= 11 is 5.98. The lowest BCUT2D eigenvalue weighted by Gasteiger charge is -1.98. The molecule has 17 heavy (non-hydrogen) atoms. The monoisotopic (exact) mass is 262 g/mol. The van der Waals surface area contributed by atoms with E-state index in [9.17, 15) is 0 Å². The Morgan fingerprint density at radius 3 is 3.06 bits per heavy atom. The number of hydrogen-bond donors (Lipinski definition) is 2. The fourth-order valence-electron chi connectivity index (χ4n) is 1.69. The summed E-state index contributed by atoms with van der Waals surface area (Å²) in [7, 11) is 1.85. The van der Waals surface area contributed by atoms with Crippen molar-refractivity contribution in [1.29, 1.82) is 0 Å². The maximum Gasteiger partial charge on any atom is 0.184 e. The number of pyridine rings is 1. The van der Waals surface area contributed by atoms with E-state index in [0.717, 1.165) is 26.4 Å². The van der Waals surface area contributed by atoms with Crippen LogP contribution in [0.3, 0.4) is 0 Å². The Hall–Kier alpha value is -1.53. The Morgan fingerprint density at radius 2 is 2.29 bits per heavy atom. The molecule has 0 spiro atoms. The predicted octanol–water partition coefficient (Wildman–Crippen LogP) is 2.79. The van der Waals surface area contributed by atoms with Crippen molar-refractivity contribution in [3.63, 3.8) is 0 Å². The molecule has 0 aliphatic rings. The van der Waals surface area contributed by atoms with Gasteiger partial charge in [-0.2, -0.15) is 0 Å². The van der Waals surface area contributed by atoms with Crippen LogP contribution < -0.4 is 5.32 Å². The second-order valence-electron chi connectivity index (χ2n) is 3.50. The van der Waals surface area contributed by atoms with Gasteiger partial charge < -0.3 is 5.32 Å². The Balaban J connectivity index is 2.23. The molecule has 3 rings (SSSR count). The van der Waals surface area contributed by atoms with Crippen molar-refractivity contribution in [3.05, 3.63) is 30.6 Å². The summed E-state index contributed by atoms with van der Waals surface area (Å²) in [6.07, 6.45) is 3.80. The lowest BCUT2D eigenvalue weighted by molar-refractivity contribution is 1.17. The van der Waals surface area contributed by atoms with Gasteiger partial charge in [0.2, 0.25) is 0 Å². The van der Waals surface area contributed by atoms with E-state index in [1.165, 1.54) is 11.3 Å². The zero-order chi connectivity index (χ0) is 11.8. The van der Waals surface area contributed by atoms with Crippen LogP contribution in [0.4, 0.5) is 5.13 Å². The number of nitrogens with one attached hydrogen (secondary N) is 1. The molecule has 0 saturated carbocycles. The van der Waals surface area contributed by atoms with E-state index in [0.29, 0.717) is 0 Å². The van der Waals surface area contributed by atoms with Crippen molar-refractivity contribution in [1.82, 2.24) is 14.4 Å². The van der Waals surface area contributed by atoms with E-state index in [1.807, 2.05) is 42.0 Å². The first-order valence-electron chi connectivity index (χ1n) is 5.09. The van der Waals surface area contributed by atoms with Gasteiger partial charge in [-0.1, -0.05) is 17.4 Å². The molecular weight excluding hydrogens is 252 g/mol. The van der Waals surface area contributed by atoms with Crippen molar-refractivity contribution in [2.45, 2.75) is 4.21 Å². The van der Waals surface area contributed by atoms with Crippen LogP contribution >= 0.6 is 24.0 Å². The molecule has 3 heterocycles. The minimum absolute atomic E-state index is 0.857. The standard InChI is InChI=1S/C11H10N4S2/c1-12-11-14-9(10(16)17-11)7-6-13-8-4-2-3-5-15(7)8/h2-6,16H,1H3,(H,12,14). The molecule has 0 aliphatic carbocycles. The first kappa shape index (κ1) is 10.6. The maximum absolute atomic E-state index is 4.49. The van der Waals surface area contributed by atoms with Crippen LogP contribution in [0.25, 0.3) is 17.0 Å². The van der Waals surface area contributed by atoms with Gasteiger partial charge in [0.05, 0.1) is 16.1 Å². The summed E-state index contributed by atoms with van der Waals surface area (Å²) in [6, 6.07) is 5.91. The molecule has 0 atom stereocenters. The topological polar surface area (TPSA) is 42.2 Å². The molecule has 86 valence electrons. The number of aromatic nitrogens is 3. The second kappa shape index (κ2) is 4.05. The molecule has 0 bridgehead atoms. The molecule has 0 aromatic carbocycles. The fraction of sp³-hybridized carbons (Fsp3) is 0.0909. The van der Waals surface area contributed by atoms with E-state index in [2.05, 4.69) is 27.9 Å². The SMILES string of the molecule is CNc1nc(-c2cnc3ccccn23)c(S)s1. The molecule has 0 amide bonds. The average Bonchev–Trinajstić information content (AvgIpc) is 2.92. The van der Waals surface area contributed by atoms with Crippen LogP contribution in [0.5, 0.6) is 0 Å². The highest BCUT2D eigenvalue weighted by Gasteiger charge is 2.13. The molecule has 0 aliphatic heterocycles. The molecule has 0 saturated heterocycles. The smallest absolute Gasteiger partial charge is 0.184 e. The van der Waals surface area contributed by atoms with Gasteiger partial charge in [-0.25, -0.2) is 9.97 Å². The van der Waals surface area contributed by atoms with Crippen LogP contribution in [0.2, 0.25) is 0 Å². The number of thiol groups is 1. The Morgan fingerprint density at radius 1 is 1.41 bits per heavy atom. The first-order valence-corrected chi connectivity index (χ1v) is 6.36. The Bertz CT molecular complexity index is 671. The van der Waals surface area contributed by atoms with Gasteiger partial charge in [0.1, 0.15) is 11.3 Å². The highest BCUT2D eigenvalue weighted by molar-refractivity contribution is 7.83. The van der Waals surface area contributed by atoms with Crippen molar-refractivity contribution in [3.8, 4) is 11.4 Å². The van der Waals surface area contributed by atoms with E-state index in [1.54, 1.807) is 0 Å². The number of rotatable bonds is 2. The molecule has 0 radical (unpaired) electrons. The third kappa shape index (κ3) is 1.69. The number of hydrogen-bond acceptors (Lipinski definition) is 5. The van der Waals surface area contributed by atoms with Gasteiger partial charge in [0.15, 0.2) is 5.13 Å². The minimum Gasteiger partial charge on any atom is -0.365 e. The quantitative estimate of drug-likeness (QED) is 0.698. The molecule has 0 unspecified atom stereocenters. The average molecular weight is 262 g/mol. The number of imidazole rings is 1. The number of anilines is 1. The third-order valence-corrected chi connectivity index (χ3v) is 3.84. The summed E-state index contributed by atoms with van der Waals surface area (Å²) in [5.74, 6) is 0. The van der Waals surface area contributed by atoms with Gasteiger partial charge in [-0.05, 0) is 12.1 Å². The molecule has 6 heteroatoms. The first-order chi connectivity index (χ1) is 8.29. The Labute approximate surface area is 108 Å². The van der Waals surface area contributed by atoms with Gasteiger partial charge in [-0.15, -0.1) is 12.6 Å². The van der Waals surface area contributed by atoms with E-state index < -0.39 is 0 Å². The zero-order valence-electron chi connectivity index (χ0n) is 9.08. The van der Waals surface area contributed by atoms with Gasteiger partial charge in [0.25, 0.3) is 0 Å². The van der Waals surface area contributed by atoms with Gasteiger partial charge >= 0.3 is 0 Å². The van der Waals surface area contributed by atoms with Crippen molar-refractivity contribution in [2.24, 2.45) is 0 Å². The van der Waals surface area contributed by atoms with Crippen LogP contribution in [0.15, 0.2) is 34.8 Å². The van der Waals surface area contributed by atoms with Crippen LogP contribution in [0.1, 0.15) is 0 Å². The summed E-state index contributed by atoms with van der Waals surface area (Å²) in [4.78, 5) is 8.84. The normalized spacial score (nSPS) is 10.9. The summed E-state index contributed by atoms with van der Waals surface area (Å²) in [6.45, 7) is 0. The van der Waals surface area contributed by atoms with Gasteiger partial charge in [-0.3, -0.25) is 4.40 Å². The van der Waals surface area contributed by atoms with Gasteiger partial charge in [0, 0.05) is 13.2 Å².